The summed E-state index contributed by atoms with van der Waals surface area (Å²) < 4.78 is 4.28. The molecule has 3 rings (SSSR count). The Morgan fingerprint density at radius 1 is 1.28 bits per heavy atom. The van der Waals surface area contributed by atoms with E-state index in [4.69, 9.17) is 4.74 Å². The Bertz CT molecular complexity index is 878. The molecule has 3 fully saturated rings. The van der Waals surface area contributed by atoms with E-state index in [1.54, 1.807) is 22.7 Å². The van der Waals surface area contributed by atoms with Gasteiger partial charge in [0.25, 0.3) is 0 Å². The number of fused-ring (bicyclic) bond motifs is 1. The fourth-order valence-corrected chi connectivity index (χ4v) is 9.13. The molecule has 0 aromatic heterocycles. The highest BCUT2D eigenvalue weighted by Gasteiger charge is 2.78. The lowest BCUT2D eigenvalue weighted by Crippen LogP contribution is -2.59. The van der Waals surface area contributed by atoms with Crippen LogP contribution in [0, 0.1) is 17.8 Å². The standard InChI is InChI=1S/C28H44N2O5S/c1-8-11-19(6)29(14-9-2)25(33)23-28-13-12-27(7,36-28)22(26(34)35-15-10-3)21(28)24(32)30(23)20(17-31)16-18(4)5/h9-10,18-23,31H,2-3,8,11-17H2,1,4-7H3/t19?,20-,21+,22-,23?,27+,28?/m1/s1. The van der Waals surface area contributed by atoms with Crippen molar-refractivity contribution in [2.24, 2.45) is 17.8 Å². The van der Waals surface area contributed by atoms with E-state index in [0.717, 1.165) is 19.3 Å². The van der Waals surface area contributed by atoms with Gasteiger partial charge in [0.2, 0.25) is 11.8 Å². The van der Waals surface area contributed by atoms with E-state index in [-0.39, 0.29) is 37.0 Å². The summed E-state index contributed by atoms with van der Waals surface area (Å²) in [6.07, 6.45) is 7.01. The van der Waals surface area contributed by atoms with Crippen molar-refractivity contribution in [1.82, 2.24) is 9.80 Å². The molecule has 3 unspecified atom stereocenters. The highest BCUT2D eigenvalue weighted by atomic mass is 32.2. The normalized spacial score (nSPS) is 32.4. The van der Waals surface area contributed by atoms with Gasteiger partial charge in [0.05, 0.1) is 29.2 Å². The Morgan fingerprint density at radius 2 is 1.97 bits per heavy atom. The molecule has 8 heteroatoms. The van der Waals surface area contributed by atoms with E-state index in [0.29, 0.717) is 19.4 Å². The molecular formula is C28H44N2O5S. The maximum Gasteiger partial charge on any atom is 0.311 e. The topological polar surface area (TPSA) is 87.1 Å². The van der Waals surface area contributed by atoms with E-state index in [9.17, 15) is 19.5 Å². The molecule has 7 nitrogen and oxygen atoms in total. The maximum atomic E-state index is 14.5. The third-order valence-electron chi connectivity index (χ3n) is 8.24. The number of likely N-dealkylation sites (tertiary alicyclic amines) is 1. The molecule has 2 bridgehead atoms. The third kappa shape index (κ3) is 4.75. The summed E-state index contributed by atoms with van der Waals surface area (Å²) >= 11 is 1.63. The summed E-state index contributed by atoms with van der Waals surface area (Å²) in [7, 11) is 0. The molecule has 3 heterocycles. The van der Waals surface area contributed by atoms with Crippen LogP contribution >= 0.6 is 11.8 Å². The summed E-state index contributed by atoms with van der Waals surface area (Å²) in [6, 6.07) is -1.25. The van der Waals surface area contributed by atoms with E-state index in [2.05, 4.69) is 20.1 Å². The number of carbonyl (C=O) groups is 3. The van der Waals surface area contributed by atoms with Crippen LogP contribution in [-0.2, 0) is 19.1 Å². The minimum absolute atomic E-state index is 0.0156. The van der Waals surface area contributed by atoms with E-state index >= 15 is 0 Å². The number of nitrogens with zero attached hydrogens (tertiary/aromatic N) is 2. The smallest absolute Gasteiger partial charge is 0.311 e. The molecule has 3 saturated heterocycles. The number of hydrogen-bond acceptors (Lipinski definition) is 6. The van der Waals surface area contributed by atoms with Gasteiger partial charge in [-0.15, -0.1) is 18.3 Å². The van der Waals surface area contributed by atoms with Crippen LogP contribution < -0.4 is 0 Å². The number of thioether (sulfide) groups is 1. The second-order valence-electron chi connectivity index (χ2n) is 11.3. The van der Waals surface area contributed by atoms with Gasteiger partial charge in [0, 0.05) is 17.3 Å². The van der Waals surface area contributed by atoms with E-state index in [1.807, 2.05) is 32.6 Å². The maximum absolute atomic E-state index is 14.5. The van der Waals surface area contributed by atoms with Crippen LogP contribution in [0.1, 0.15) is 66.7 Å². The molecule has 1 N–H and O–H groups in total. The van der Waals surface area contributed by atoms with Crippen molar-refractivity contribution >= 4 is 29.5 Å². The summed E-state index contributed by atoms with van der Waals surface area (Å²) in [5.74, 6) is -1.77. The van der Waals surface area contributed by atoms with Gasteiger partial charge in [-0.05, 0) is 45.4 Å². The molecule has 202 valence electrons. The second-order valence-corrected chi connectivity index (χ2v) is 13.2. The molecule has 3 aliphatic rings. The Labute approximate surface area is 220 Å². The van der Waals surface area contributed by atoms with Crippen molar-refractivity contribution < 1.29 is 24.2 Å². The highest BCUT2D eigenvalue weighted by Crippen LogP contribution is 2.71. The molecule has 2 amide bonds. The number of rotatable bonds is 13. The Balaban J connectivity index is 2.13. The van der Waals surface area contributed by atoms with Crippen molar-refractivity contribution in [3.05, 3.63) is 25.3 Å². The van der Waals surface area contributed by atoms with Crippen molar-refractivity contribution in [2.75, 3.05) is 19.8 Å². The molecule has 1 spiro atoms. The van der Waals surface area contributed by atoms with Gasteiger partial charge in [-0.3, -0.25) is 14.4 Å². The minimum Gasteiger partial charge on any atom is -0.461 e. The monoisotopic (exact) mass is 520 g/mol. The fraction of sp³-hybridized carbons (Fsp3) is 0.750. The van der Waals surface area contributed by atoms with E-state index < -0.39 is 39.4 Å². The molecule has 0 aromatic carbocycles. The lowest BCUT2D eigenvalue weighted by Gasteiger charge is -2.41. The molecule has 0 aromatic rings. The summed E-state index contributed by atoms with van der Waals surface area (Å²) in [4.78, 5) is 45.5. The van der Waals surface area contributed by atoms with Crippen molar-refractivity contribution in [1.29, 1.82) is 0 Å². The Kier molecular flexibility index (Phi) is 9.03. The van der Waals surface area contributed by atoms with Gasteiger partial charge in [-0.2, -0.15) is 0 Å². The first kappa shape index (κ1) is 28.8. The quantitative estimate of drug-likeness (QED) is 0.294. The van der Waals surface area contributed by atoms with Gasteiger partial charge < -0.3 is 19.6 Å². The first-order valence-corrected chi connectivity index (χ1v) is 14.2. The zero-order valence-electron chi connectivity index (χ0n) is 22.6. The fourth-order valence-electron chi connectivity index (χ4n) is 6.80. The van der Waals surface area contributed by atoms with Crippen LogP contribution in [0.2, 0.25) is 0 Å². The Morgan fingerprint density at radius 3 is 2.53 bits per heavy atom. The SMILES string of the molecule is C=CCOC(=O)[C@H]1[C@H]2C(=O)N([C@@H](CO)CC(C)C)C(C(=O)N(CC=C)C(C)CCC)C23CC[C@]1(C)S3. The number of carbonyl (C=O) groups excluding carboxylic acids is 3. The van der Waals surface area contributed by atoms with Crippen LogP contribution in [0.3, 0.4) is 0 Å². The number of ether oxygens (including phenoxy) is 1. The molecule has 0 aliphatic carbocycles. The average molecular weight is 521 g/mol. The number of aliphatic hydroxyl groups is 1. The summed E-state index contributed by atoms with van der Waals surface area (Å²) in [5, 5.41) is 10.4. The number of amides is 2. The van der Waals surface area contributed by atoms with Crippen molar-refractivity contribution in [3.63, 3.8) is 0 Å². The lowest BCUT2D eigenvalue weighted by atomic mass is 9.66. The summed E-state index contributed by atoms with van der Waals surface area (Å²) in [5.41, 5.74) is 0. The number of esters is 1. The Hall–Kier alpha value is -1.80. The van der Waals surface area contributed by atoms with Crippen molar-refractivity contribution in [2.45, 2.75) is 94.3 Å². The first-order chi connectivity index (χ1) is 17.0. The lowest BCUT2D eigenvalue weighted by molar-refractivity contribution is -0.155. The summed E-state index contributed by atoms with van der Waals surface area (Å²) in [6.45, 7) is 18.0. The molecular weight excluding hydrogens is 476 g/mol. The molecule has 0 saturated carbocycles. The van der Waals surface area contributed by atoms with Gasteiger partial charge in [-0.1, -0.05) is 45.9 Å². The van der Waals surface area contributed by atoms with Crippen molar-refractivity contribution in [3.8, 4) is 0 Å². The van der Waals surface area contributed by atoms with Gasteiger partial charge in [0.15, 0.2) is 0 Å². The predicted molar refractivity (Wildman–Crippen MR) is 143 cm³/mol. The van der Waals surface area contributed by atoms with Crippen LogP contribution in [0.25, 0.3) is 0 Å². The van der Waals surface area contributed by atoms with Crippen LogP contribution in [0.4, 0.5) is 0 Å². The molecule has 36 heavy (non-hydrogen) atoms. The largest absolute Gasteiger partial charge is 0.461 e. The van der Waals surface area contributed by atoms with Crippen LogP contribution in [0.5, 0.6) is 0 Å². The zero-order chi connectivity index (χ0) is 26.8. The zero-order valence-corrected chi connectivity index (χ0v) is 23.4. The van der Waals surface area contributed by atoms with Crippen LogP contribution in [-0.4, -0.2) is 80.1 Å². The van der Waals surface area contributed by atoms with E-state index in [1.165, 1.54) is 6.08 Å². The number of hydrogen-bond donors (Lipinski definition) is 1. The van der Waals surface area contributed by atoms with Gasteiger partial charge in [-0.25, -0.2) is 0 Å². The molecule has 7 atom stereocenters. The van der Waals surface area contributed by atoms with Gasteiger partial charge in [0.1, 0.15) is 12.6 Å². The predicted octanol–water partition coefficient (Wildman–Crippen LogP) is 3.81. The van der Waals surface area contributed by atoms with Crippen LogP contribution in [0.15, 0.2) is 25.3 Å². The second kappa shape index (κ2) is 11.3. The van der Waals surface area contributed by atoms with Gasteiger partial charge >= 0.3 is 5.97 Å². The minimum atomic E-state index is -0.741. The third-order valence-corrected chi connectivity index (χ3v) is 10.2. The average Bonchev–Trinajstić information content (AvgIpc) is 3.39. The highest BCUT2D eigenvalue weighted by molar-refractivity contribution is 8.02. The molecule has 3 aliphatic heterocycles. The molecule has 0 radical (unpaired) electrons. The first-order valence-electron chi connectivity index (χ1n) is 13.3. The number of aliphatic hydroxyl groups excluding tert-OH is 1.